The molecule has 8 nitrogen and oxygen atoms in total. The fourth-order valence-corrected chi connectivity index (χ4v) is 4.15. The first-order valence-corrected chi connectivity index (χ1v) is 11.8. The van der Waals surface area contributed by atoms with Gasteiger partial charge in [-0.1, -0.05) is 18.2 Å². The molecule has 5 aromatic rings. The quantitative estimate of drug-likeness (QED) is 0.230. The molecule has 0 aliphatic rings. The summed E-state index contributed by atoms with van der Waals surface area (Å²) < 4.78 is 45.0. The molecule has 2 aromatic carbocycles. The van der Waals surface area contributed by atoms with Crippen LogP contribution in [-0.2, 0) is 6.42 Å². The zero-order valence-electron chi connectivity index (χ0n) is 21.2. The van der Waals surface area contributed by atoms with Gasteiger partial charge in [-0.3, -0.25) is 9.78 Å². The molecule has 0 amide bonds. The highest BCUT2D eigenvalue weighted by molar-refractivity contribution is 6.00. The summed E-state index contributed by atoms with van der Waals surface area (Å²) in [6, 6.07) is 15.0. The number of aromatic nitrogens is 4. The molecule has 3 aromatic heterocycles. The van der Waals surface area contributed by atoms with Crippen LogP contribution in [0.5, 0.6) is 23.1 Å². The van der Waals surface area contributed by atoms with Crippen molar-refractivity contribution in [1.29, 1.82) is 0 Å². The van der Waals surface area contributed by atoms with Crippen molar-refractivity contribution in [3.05, 3.63) is 95.4 Å². The van der Waals surface area contributed by atoms with Crippen molar-refractivity contribution in [1.82, 2.24) is 20.2 Å². The topological polar surface area (TPSA) is 96.3 Å². The lowest BCUT2D eigenvalue weighted by molar-refractivity contribution is 0.0984. The number of methoxy groups -OCH3 is 2. The second-order valence-corrected chi connectivity index (χ2v) is 8.55. The average Bonchev–Trinajstić information content (AvgIpc) is 2.94. The minimum Gasteiger partial charge on any atom is -0.494 e. The summed E-state index contributed by atoms with van der Waals surface area (Å²) in [5.74, 6) is -0.645. The zero-order valence-corrected chi connectivity index (χ0v) is 21.2. The van der Waals surface area contributed by atoms with E-state index in [9.17, 15) is 9.18 Å². The standard InChI is InChI=1S/C29H22F2N4O4/c1-16-26(18-5-7-19(30)8-6-18)29(38-3)28(35-34-16)22(36)15-17-4-10-23(20(31)14-17)39-24-12-13-32-21-9-11-25(37-2)33-27(21)24/h4-14H,15H2,1-3H3. The van der Waals surface area contributed by atoms with E-state index in [1.165, 1.54) is 44.7 Å². The molecule has 0 radical (unpaired) electrons. The normalized spacial score (nSPS) is 10.9. The van der Waals surface area contributed by atoms with Gasteiger partial charge >= 0.3 is 0 Å². The van der Waals surface area contributed by atoms with Gasteiger partial charge < -0.3 is 14.2 Å². The van der Waals surface area contributed by atoms with E-state index in [-0.39, 0.29) is 23.6 Å². The summed E-state index contributed by atoms with van der Waals surface area (Å²) in [7, 11) is 2.91. The first kappa shape index (κ1) is 25.7. The van der Waals surface area contributed by atoms with Gasteiger partial charge in [0.05, 0.1) is 25.4 Å². The predicted molar refractivity (Wildman–Crippen MR) is 139 cm³/mol. The maximum absolute atomic E-state index is 15.1. The van der Waals surface area contributed by atoms with Crippen LogP contribution in [0.3, 0.4) is 0 Å². The molecule has 0 unspecified atom stereocenters. The number of ketones is 1. The van der Waals surface area contributed by atoms with Crippen LogP contribution in [0.2, 0.25) is 0 Å². The molecule has 0 spiro atoms. The molecule has 10 heteroatoms. The van der Waals surface area contributed by atoms with Crippen LogP contribution in [0.25, 0.3) is 22.2 Å². The van der Waals surface area contributed by atoms with Crippen molar-refractivity contribution >= 4 is 16.8 Å². The van der Waals surface area contributed by atoms with Crippen LogP contribution in [0, 0.1) is 18.6 Å². The Bertz CT molecular complexity index is 1690. The Morgan fingerprint density at radius 1 is 0.897 bits per heavy atom. The van der Waals surface area contributed by atoms with Gasteiger partial charge in [0.15, 0.2) is 34.5 Å². The molecule has 0 saturated heterocycles. The van der Waals surface area contributed by atoms with Crippen molar-refractivity contribution in [3.63, 3.8) is 0 Å². The number of nitrogens with zero attached hydrogens (tertiary/aromatic N) is 4. The van der Waals surface area contributed by atoms with Crippen LogP contribution in [0.4, 0.5) is 8.78 Å². The molecule has 0 bridgehead atoms. The molecule has 0 aliphatic carbocycles. The second-order valence-electron chi connectivity index (χ2n) is 8.55. The lowest BCUT2D eigenvalue weighted by atomic mass is 9.99. The van der Waals surface area contributed by atoms with Crippen molar-refractivity contribution in [2.75, 3.05) is 14.2 Å². The largest absolute Gasteiger partial charge is 0.494 e. The fraction of sp³-hybridized carbons (Fsp3) is 0.138. The molecule has 0 aliphatic heterocycles. The Balaban J connectivity index is 1.41. The van der Waals surface area contributed by atoms with E-state index in [1.54, 1.807) is 43.3 Å². The number of Topliss-reactive ketones (excluding diaryl/α,β-unsaturated/α-hetero) is 1. The molecule has 5 rings (SSSR count). The van der Waals surface area contributed by atoms with Gasteiger partial charge in [0.1, 0.15) is 11.3 Å². The van der Waals surface area contributed by atoms with E-state index in [1.807, 2.05) is 0 Å². The number of pyridine rings is 2. The highest BCUT2D eigenvalue weighted by Crippen LogP contribution is 2.35. The third-order valence-electron chi connectivity index (χ3n) is 6.02. The second kappa shape index (κ2) is 10.8. The number of rotatable bonds is 8. The van der Waals surface area contributed by atoms with Gasteiger partial charge in [0, 0.05) is 30.3 Å². The summed E-state index contributed by atoms with van der Waals surface area (Å²) in [6.45, 7) is 1.72. The van der Waals surface area contributed by atoms with Gasteiger partial charge in [0.2, 0.25) is 5.88 Å². The summed E-state index contributed by atoms with van der Waals surface area (Å²) in [5, 5.41) is 8.15. The minimum atomic E-state index is -0.665. The molecular formula is C29H22F2N4O4. The first-order valence-electron chi connectivity index (χ1n) is 11.8. The van der Waals surface area contributed by atoms with E-state index in [0.717, 1.165) is 0 Å². The number of halogens is 2. The number of carbonyl (C=O) groups is 1. The predicted octanol–water partition coefficient (Wildman–Crippen LogP) is 5.91. The molecular weight excluding hydrogens is 506 g/mol. The van der Waals surface area contributed by atoms with Crippen molar-refractivity contribution in [2.24, 2.45) is 0 Å². The third kappa shape index (κ3) is 5.22. The third-order valence-corrected chi connectivity index (χ3v) is 6.02. The molecule has 39 heavy (non-hydrogen) atoms. The number of aryl methyl sites for hydroxylation is 1. The summed E-state index contributed by atoms with van der Waals surface area (Å²) in [6.07, 6.45) is 1.37. The molecule has 0 N–H and O–H groups in total. The van der Waals surface area contributed by atoms with Crippen LogP contribution in [-0.4, -0.2) is 40.2 Å². The van der Waals surface area contributed by atoms with E-state index in [4.69, 9.17) is 14.2 Å². The molecule has 0 atom stereocenters. The highest BCUT2D eigenvalue weighted by Gasteiger charge is 2.23. The zero-order chi connectivity index (χ0) is 27.5. The van der Waals surface area contributed by atoms with Crippen molar-refractivity contribution in [3.8, 4) is 34.3 Å². The van der Waals surface area contributed by atoms with Crippen molar-refractivity contribution in [2.45, 2.75) is 13.3 Å². The minimum absolute atomic E-state index is 0.00793. The average molecular weight is 529 g/mol. The van der Waals surface area contributed by atoms with Crippen molar-refractivity contribution < 1.29 is 27.8 Å². The fourth-order valence-electron chi connectivity index (χ4n) is 4.15. The van der Waals surface area contributed by atoms with Crippen LogP contribution >= 0.6 is 0 Å². The monoisotopic (exact) mass is 528 g/mol. The lowest BCUT2D eigenvalue weighted by Crippen LogP contribution is -2.12. The van der Waals surface area contributed by atoms with Crippen LogP contribution < -0.4 is 14.2 Å². The van der Waals surface area contributed by atoms with Gasteiger partial charge in [-0.05, 0) is 48.4 Å². The van der Waals surface area contributed by atoms with E-state index < -0.39 is 17.4 Å². The number of hydrogen-bond donors (Lipinski definition) is 0. The van der Waals surface area contributed by atoms with Gasteiger partial charge in [-0.25, -0.2) is 13.8 Å². The van der Waals surface area contributed by atoms with E-state index >= 15 is 4.39 Å². The van der Waals surface area contributed by atoms with E-state index in [2.05, 4.69) is 20.2 Å². The molecule has 196 valence electrons. The van der Waals surface area contributed by atoms with Gasteiger partial charge in [0.25, 0.3) is 0 Å². The lowest BCUT2D eigenvalue weighted by Gasteiger charge is -2.14. The maximum Gasteiger partial charge on any atom is 0.213 e. The molecule has 0 fully saturated rings. The Kier molecular flexibility index (Phi) is 7.09. The number of carbonyl (C=O) groups excluding carboxylic acids is 1. The smallest absolute Gasteiger partial charge is 0.213 e. The first-order chi connectivity index (χ1) is 18.9. The Morgan fingerprint density at radius 3 is 2.41 bits per heavy atom. The maximum atomic E-state index is 15.1. The number of benzene rings is 2. The van der Waals surface area contributed by atoms with Gasteiger partial charge in [-0.2, -0.15) is 5.10 Å². The number of ether oxygens (including phenoxy) is 3. The van der Waals surface area contributed by atoms with Crippen LogP contribution in [0.1, 0.15) is 21.7 Å². The summed E-state index contributed by atoms with van der Waals surface area (Å²) in [5.41, 5.74) is 3.03. The number of hydrogen-bond acceptors (Lipinski definition) is 8. The van der Waals surface area contributed by atoms with Gasteiger partial charge in [-0.15, -0.1) is 5.10 Å². The Hall–Kier alpha value is -4.99. The highest BCUT2D eigenvalue weighted by atomic mass is 19.1. The summed E-state index contributed by atoms with van der Waals surface area (Å²) in [4.78, 5) is 21.8. The molecule has 3 heterocycles. The van der Waals surface area contributed by atoms with E-state index in [0.29, 0.717) is 45.0 Å². The SMILES string of the molecule is COc1ccc2nccc(Oc3ccc(CC(=O)c4nnc(C)c(-c5ccc(F)cc5)c4OC)cc3F)c2n1. The number of fused-ring (bicyclic) bond motifs is 1. The Morgan fingerprint density at radius 2 is 1.69 bits per heavy atom. The molecule has 0 saturated carbocycles. The summed E-state index contributed by atoms with van der Waals surface area (Å²) >= 11 is 0. The Labute approximate surface area is 222 Å². The van der Waals surface area contributed by atoms with Crippen LogP contribution in [0.15, 0.2) is 66.9 Å².